The number of carbonyl (C=O) groups excluding carboxylic acids is 1. The summed E-state index contributed by atoms with van der Waals surface area (Å²) in [6, 6.07) is 0. The van der Waals surface area contributed by atoms with E-state index in [-0.39, 0.29) is 41.1 Å². The molecule has 0 bridgehead atoms. The van der Waals surface area contributed by atoms with Crippen LogP contribution in [0.25, 0.3) is 0 Å². The number of rotatable bonds is 5. The van der Waals surface area contributed by atoms with Gasteiger partial charge in [-0.2, -0.15) is 0 Å². The van der Waals surface area contributed by atoms with Crippen LogP contribution in [0.5, 0.6) is 0 Å². The molecule has 5 heteroatoms. The average Bonchev–Trinajstić information content (AvgIpc) is 3.36. The largest absolute Gasteiger partial charge is 0.465 e. The molecule has 0 aromatic heterocycles. The third-order valence-corrected chi connectivity index (χ3v) is 6.55. The van der Waals surface area contributed by atoms with Gasteiger partial charge in [0.05, 0.1) is 35.9 Å². The van der Waals surface area contributed by atoms with Crippen LogP contribution in [0.2, 0.25) is 0 Å². The maximum absolute atomic E-state index is 12.4. The Morgan fingerprint density at radius 1 is 1.21 bits per heavy atom. The number of hydrogen-bond acceptors (Lipinski definition) is 5. The van der Waals surface area contributed by atoms with Crippen LogP contribution in [-0.4, -0.2) is 36.0 Å². The normalized spacial score (nSPS) is 48.7. The van der Waals surface area contributed by atoms with Crippen molar-refractivity contribution in [2.45, 2.75) is 76.3 Å². The van der Waals surface area contributed by atoms with Crippen LogP contribution in [0, 0.1) is 17.8 Å². The molecule has 4 fully saturated rings. The van der Waals surface area contributed by atoms with Crippen molar-refractivity contribution in [1.29, 1.82) is 0 Å². The minimum absolute atomic E-state index is 0.00985. The summed E-state index contributed by atoms with van der Waals surface area (Å²) < 4.78 is 22.4. The molecule has 0 N–H and O–H groups in total. The molecule has 7 unspecified atom stereocenters. The number of ether oxygens (including phenoxy) is 4. The predicted octanol–water partition coefficient (Wildman–Crippen LogP) is 3.18. The van der Waals surface area contributed by atoms with E-state index in [4.69, 9.17) is 18.9 Å². The molecule has 24 heavy (non-hydrogen) atoms. The Morgan fingerprint density at radius 2 is 1.92 bits per heavy atom. The van der Waals surface area contributed by atoms with Crippen LogP contribution < -0.4 is 0 Å². The van der Waals surface area contributed by atoms with Crippen molar-refractivity contribution >= 4 is 5.97 Å². The van der Waals surface area contributed by atoms with E-state index in [1.807, 2.05) is 0 Å². The summed E-state index contributed by atoms with van der Waals surface area (Å²) in [5.41, 5.74) is 0.112. The highest BCUT2D eigenvalue weighted by molar-refractivity contribution is 5.74. The van der Waals surface area contributed by atoms with Crippen molar-refractivity contribution in [3.63, 3.8) is 0 Å². The van der Waals surface area contributed by atoms with Crippen molar-refractivity contribution < 1.29 is 23.7 Å². The van der Waals surface area contributed by atoms with Crippen molar-refractivity contribution in [3.05, 3.63) is 12.5 Å². The van der Waals surface area contributed by atoms with E-state index in [0.717, 1.165) is 32.1 Å². The number of esters is 1. The Labute approximate surface area is 143 Å². The first-order valence-corrected chi connectivity index (χ1v) is 9.18. The summed E-state index contributed by atoms with van der Waals surface area (Å²) in [7, 11) is 0. The molecule has 2 heterocycles. The second-order valence-corrected chi connectivity index (χ2v) is 8.61. The lowest BCUT2D eigenvalue weighted by Crippen LogP contribution is -2.34. The van der Waals surface area contributed by atoms with Gasteiger partial charge < -0.3 is 18.9 Å². The third kappa shape index (κ3) is 2.97. The molecule has 0 aromatic rings. The lowest BCUT2D eigenvalue weighted by atomic mass is 9.75. The Morgan fingerprint density at radius 3 is 2.67 bits per heavy atom. The van der Waals surface area contributed by atoms with Gasteiger partial charge >= 0.3 is 5.97 Å². The van der Waals surface area contributed by atoms with Gasteiger partial charge in [-0.05, 0) is 64.4 Å². The van der Waals surface area contributed by atoms with Gasteiger partial charge in [0.1, 0.15) is 0 Å². The summed E-state index contributed by atoms with van der Waals surface area (Å²) in [6.07, 6.45) is 5.43. The molecule has 2 saturated carbocycles. The quantitative estimate of drug-likeness (QED) is 0.438. The summed E-state index contributed by atoms with van der Waals surface area (Å²) in [5, 5.41) is 0. The second kappa shape index (κ2) is 5.46. The van der Waals surface area contributed by atoms with E-state index in [9.17, 15) is 4.79 Å². The van der Waals surface area contributed by atoms with Crippen LogP contribution in [0.4, 0.5) is 0 Å². The average molecular weight is 336 g/mol. The molecule has 0 amide bonds. The van der Waals surface area contributed by atoms with Gasteiger partial charge in [-0.15, -0.1) is 0 Å². The Balaban J connectivity index is 1.21. The molecule has 2 aliphatic carbocycles. The predicted molar refractivity (Wildman–Crippen MR) is 87.0 cm³/mol. The van der Waals surface area contributed by atoms with E-state index in [1.165, 1.54) is 0 Å². The minimum atomic E-state index is -0.230. The molecule has 0 aromatic carbocycles. The monoisotopic (exact) mass is 336 g/mol. The third-order valence-electron chi connectivity index (χ3n) is 6.55. The smallest absolute Gasteiger partial charge is 0.317 e. The second-order valence-electron chi connectivity index (χ2n) is 8.61. The van der Waals surface area contributed by atoms with E-state index >= 15 is 0 Å². The number of epoxide rings is 2. The fraction of sp³-hybridized carbons (Fsp3) is 0.842. The van der Waals surface area contributed by atoms with Crippen LogP contribution in [-0.2, 0) is 23.7 Å². The molecule has 7 atom stereocenters. The first kappa shape index (κ1) is 16.4. The maximum atomic E-state index is 12.4. The van der Waals surface area contributed by atoms with Gasteiger partial charge in [0.2, 0.25) is 0 Å². The first-order chi connectivity index (χ1) is 11.3. The Hall–Kier alpha value is -1.07. The molecular formula is C19H28O5. The van der Waals surface area contributed by atoms with E-state index in [0.29, 0.717) is 18.6 Å². The van der Waals surface area contributed by atoms with Crippen LogP contribution in [0.3, 0.4) is 0 Å². The van der Waals surface area contributed by atoms with Gasteiger partial charge in [-0.3, -0.25) is 4.79 Å². The Bertz CT molecular complexity index is 560. The molecule has 0 radical (unpaired) electrons. The lowest BCUT2D eigenvalue weighted by molar-refractivity contribution is -0.153. The molecule has 4 aliphatic rings. The minimum Gasteiger partial charge on any atom is -0.465 e. The summed E-state index contributed by atoms with van der Waals surface area (Å²) >= 11 is 0. The molecule has 4 rings (SSSR count). The van der Waals surface area contributed by atoms with Crippen molar-refractivity contribution in [2.24, 2.45) is 17.8 Å². The standard InChI is InChI=1S/C19H28O5/c1-11-9-19(4)16(24-19)8-14(11)17(20)22-12(2)21-10-13-5-6-18(3)15(7-13)23-18/h11,13-16H,2,5-10H2,1,3-4H3. The van der Waals surface area contributed by atoms with Crippen molar-refractivity contribution in [3.8, 4) is 0 Å². The van der Waals surface area contributed by atoms with Crippen LogP contribution in [0.15, 0.2) is 12.5 Å². The van der Waals surface area contributed by atoms with Gasteiger partial charge in [-0.1, -0.05) is 6.92 Å². The SMILES string of the molecule is C=C(OCC1CCC2(C)OC2C1)OC(=O)C1CC2OC2(C)CC1C. The fourth-order valence-corrected chi connectivity index (χ4v) is 4.64. The van der Waals surface area contributed by atoms with E-state index in [2.05, 4.69) is 27.4 Å². The molecule has 2 saturated heterocycles. The zero-order valence-electron chi connectivity index (χ0n) is 14.9. The highest BCUT2D eigenvalue weighted by atomic mass is 16.7. The molecule has 0 spiro atoms. The highest BCUT2D eigenvalue weighted by Gasteiger charge is 2.59. The Kier molecular flexibility index (Phi) is 3.73. The van der Waals surface area contributed by atoms with Gasteiger partial charge in [-0.25, -0.2) is 0 Å². The van der Waals surface area contributed by atoms with Crippen molar-refractivity contribution in [1.82, 2.24) is 0 Å². The lowest BCUT2D eigenvalue weighted by Gasteiger charge is -2.28. The fourth-order valence-electron chi connectivity index (χ4n) is 4.64. The summed E-state index contributed by atoms with van der Waals surface area (Å²) in [5.74, 6) is 0.488. The first-order valence-electron chi connectivity index (χ1n) is 9.18. The molecular weight excluding hydrogens is 308 g/mol. The summed E-state index contributed by atoms with van der Waals surface area (Å²) in [6.45, 7) is 10.7. The summed E-state index contributed by atoms with van der Waals surface area (Å²) in [4.78, 5) is 12.4. The molecule has 134 valence electrons. The zero-order chi connectivity index (χ0) is 17.1. The van der Waals surface area contributed by atoms with Gasteiger partial charge in [0.15, 0.2) is 0 Å². The van der Waals surface area contributed by atoms with Crippen molar-refractivity contribution in [2.75, 3.05) is 6.61 Å². The topological polar surface area (TPSA) is 60.6 Å². The van der Waals surface area contributed by atoms with Crippen LogP contribution >= 0.6 is 0 Å². The molecule has 5 nitrogen and oxygen atoms in total. The molecule has 2 aliphatic heterocycles. The van der Waals surface area contributed by atoms with Gasteiger partial charge in [0, 0.05) is 0 Å². The number of hydrogen-bond donors (Lipinski definition) is 0. The maximum Gasteiger partial charge on any atom is 0.317 e. The zero-order valence-corrected chi connectivity index (χ0v) is 14.9. The number of carbonyl (C=O) groups is 1. The number of fused-ring (bicyclic) bond motifs is 2. The van der Waals surface area contributed by atoms with Crippen LogP contribution in [0.1, 0.15) is 52.9 Å². The van der Waals surface area contributed by atoms with E-state index < -0.39 is 0 Å². The van der Waals surface area contributed by atoms with Gasteiger partial charge in [0.25, 0.3) is 5.95 Å². The highest BCUT2D eigenvalue weighted by Crippen LogP contribution is 2.52. The van der Waals surface area contributed by atoms with E-state index in [1.54, 1.807) is 0 Å².